The molecule has 0 bridgehead atoms. The van der Waals surface area contributed by atoms with Crippen LogP contribution in [0.3, 0.4) is 0 Å². The molecule has 8 nitrogen and oxygen atoms in total. The van der Waals surface area contributed by atoms with Crippen molar-refractivity contribution in [1.82, 2.24) is 9.80 Å². The minimum Gasteiger partial charge on any atom is -0.396 e. The highest BCUT2D eigenvalue weighted by Gasteiger charge is 2.42. The molecule has 0 radical (unpaired) electrons. The summed E-state index contributed by atoms with van der Waals surface area (Å²) in [5.41, 5.74) is 5.39. The first-order valence-electron chi connectivity index (χ1n) is 5.79. The Morgan fingerprint density at radius 2 is 1.95 bits per heavy atom. The molecule has 0 atom stereocenters. The van der Waals surface area contributed by atoms with Crippen LogP contribution in [0.1, 0.15) is 0 Å². The normalized spacial score (nSPS) is 14.9. The maximum Gasteiger partial charge on any atom is 0.334 e. The van der Waals surface area contributed by atoms with Crippen molar-refractivity contribution in [2.75, 3.05) is 24.6 Å². The molecule has 0 saturated carbocycles. The van der Waals surface area contributed by atoms with Crippen molar-refractivity contribution in [2.24, 2.45) is 0 Å². The summed E-state index contributed by atoms with van der Waals surface area (Å²) < 4.78 is 13.0. The van der Waals surface area contributed by atoms with Gasteiger partial charge in [-0.2, -0.15) is 0 Å². The number of carbonyl (C=O) groups excluding carboxylic acids is 4. The van der Waals surface area contributed by atoms with Gasteiger partial charge in [0.1, 0.15) is 12.4 Å². The number of urea groups is 1. The molecule has 1 aliphatic heterocycles. The number of benzene rings is 1. The molecule has 9 heteroatoms. The van der Waals surface area contributed by atoms with Crippen LogP contribution in [0.25, 0.3) is 0 Å². The number of carbonyl (C=O) groups is 4. The van der Waals surface area contributed by atoms with Crippen molar-refractivity contribution in [3.05, 3.63) is 24.0 Å². The maximum absolute atomic E-state index is 13.0. The first kappa shape index (κ1) is 14.4. The van der Waals surface area contributed by atoms with Crippen LogP contribution in [0.2, 0.25) is 0 Å². The van der Waals surface area contributed by atoms with Crippen LogP contribution in [0, 0.1) is 5.82 Å². The molecule has 2 rings (SSSR count). The van der Waals surface area contributed by atoms with Crippen molar-refractivity contribution in [1.29, 1.82) is 0 Å². The van der Waals surface area contributed by atoms with Gasteiger partial charge in [-0.3, -0.25) is 19.3 Å². The molecule has 0 aliphatic carbocycles. The lowest BCUT2D eigenvalue weighted by Gasteiger charge is -2.13. The molecule has 0 aromatic heterocycles. The van der Waals surface area contributed by atoms with E-state index in [9.17, 15) is 23.6 Å². The highest BCUT2D eigenvalue weighted by atomic mass is 19.1. The lowest BCUT2D eigenvalue weighted by atomic mass is 10.2. The standard InChI is InChI=1S/C12H11FN4O4/c1-16-10(19)11(20)17(12(16)21)5-9(18)15-6-2-3-7(13)8(14)4-6/h2-4H,5,14H2,1H3,(H,15,18). The monoisotopic (exact) mass is 294 g/mol. The quantitative estimate of drug-likeness (QED) is 0.454. The molecule has 5 amide bonds. The average molecular weight is 294 g/mol. The molecule has 3 N–H and O–H groups in total. The molecule has 1 aromatic carbocycles. The Morgan fingerprint density at radius 3 is 2.48 bits per heavy atom. The highest BCUT2D eigenvalue weighted by molar-refractivity contribution is 6.44. The summed E-state index contributed by atoms with van der Waals surface area (Å²) in [6.07, 6.45) is 0. The average Bonchev–Trinajstić information content (AvgIpc) is 2.61. The van der Waals surface area contributed by atoms with Crippen LogP contribution in [0.5, 0.6) is 0 Å². The number of imide groups is 2. The summed E-state index contributed by atoms with van der Waals surface area (Å²) in [7, 11) is 1.14. The molecule has 1 heterocycles. The predicted octanol–water partition coefficient (Wildman–Crippen LogP) is -0.233. The van der Waals surface area contributed by atoms with Gasteiger partial charge in [-0.15, -0.1) is 0 Å². The zero-order valence-corrected chi connectivity index (χ0v) is 10.9. The Balaban J connectivity index is 2.05. The van der Waals surface area contributed by atoms with Gasteiger partial charge in [0, 0.05) is 12.7 Å². The largest absolute Gasteiger partial charge is 0.396 e. The van der Waals surface area contributed by atoms with Gasteiger partial charge in [0.05, 0.1) is 5.69 Å². The number of nitrogens with one attached hydrogen (secondary N) is 1. The first-order valence-corrected chi connectivity index (χ1v) is 5.79. The van der Waals surface area contributed by atoms with Crippen LogP contribution in [0.15, 0.2) is 18.2 Å². The minimum atomic E-state index is -1.07. The fraction of sp³-hybridized carbons (Fsp3) is 0.167. The van der Waals surface area contributed by atoms with E-state index in [1.54, 1.807) is 0 Å². The smallest absolute Gasteiger partial charge is 0.334 e. The third-order valence-electron chi connectivity index (χ3n) is 2.83. The van der Waals surface area contributed by atoms with Gasteiger partial charge in [-0.1, -0.05) is 0 Å². The molecule has 1 aromatic rings. The molecule has 0 unspecified atom stereocenters. The number of amides is 5. The number of halogens is 1. The number of anilines is 2. The van der Waals surface area contributed by atoms with Crippen molar-refractivity contribution < 1.29 is 23.6 Å². The van der Waals surface area contributed by atoms with Crippen molar-refractivity contribution >= 4 is 35.1 Å². The highest BCUT2D eigenvalue weighted by Crippen LogP contribution is 2.16. The van der Waals surface area contributed by atoms with Crippen LogP contribution in [-0.2, 0) is 14.4 Å². The van der Waals surface area contributed by atoms with Crippen LogP contribution in [-0.4, -0.2) is 47.1 Å². The van der Waals surface area contributed by atoms with Crippen LogP contribution in [0.4, 0.5) is 20.6 Å². The first-order chi connectivity index (χ1) is 9.81. The summed E-state index contributed by atoms with van der Waals surface area (Å²) in [4.78, 5) is 47.2. The van der Waals surface area contributed by atoms with E-state index in [0.717, 1.165) is 13.1 Å². The van der Waals surface area contributed by atoms with Gasteiger partial charge < -0.3 is 11.1 Å². The zero-order chi connectivity index (χ0) is 15.7. The molecule has 0 spiro atoms. The van der Waals surface area contributed by atoms with Crippen molar-refractivity contribution in [2.45, 2.75) is 0 Å². The Hall–Kier alpha value is -2.97. The fourth-order valence-electron chi connectivity index (χ4n) is 1.72. The van der Waals surface area contributed by atoms with Gasteiger partial charge in [0.2, 0.25) is 5.91 Å². The topological polar surface area (TPSA) is 113 Å². The van der Waals surface area contributed by atoms with Crippen LogP contribution < -0.4 is 11.1 Å². The van der Waals surface area contributed by atoms with E-state index in [1.165, 1.54) is 12.1 Å². The van der Waals surface area contributed by atoms with Gasteiger partial charge in [0.25, 0.3) is 0 Å². The lowest BCUT2D eigenvalue weighted by Crippen LogP contribution is -2.38. The second-order valence-corrected chi connectivity index (χ2v) is 4.32. The van der Waals surface area contributed by atoms with E-state index in [0.29, 0.717) is 9.80 Å². The molecular formula is C12H11FN4O4. The van der Waals surface area contributed by atoms with E-state index in [2.05, 4.69) is 5.32 Å². The zero-order valence-electron chi connectivity index (χ0n) is 10.9. The number of rotatable bonds is 3. The number of hydrogen-bond donors (Lipinski definition) is 2. The third kappa shape index (κ3) is 2.66. The summed E-state index contributed by atoms with van der Waals surface area (Å²) in [5, 5.41) is 2.35. The second kappa shape index (κ2) is 5.19. The fourth-order valence-corrected chi connectivity index (χ4v) is 1.72. The SMILES string of the molecule is CN1C(=O)C(=O)N(CC(=O)Nc2ccc(F)c(N)c2)C1=O. The van der Waals surface area contributed by atoms with E-state index in [4.69, 9.17) is 5.73 Å². The van der Waals surface area contributed by atoms with Gasteiger partial charge >= 0.3 is 17.8 Å². The molecule has 1 fully saturated rings. The predicted molar refractivity (Wildman–Crippen MR) is 69.3 cm³/mol. The van der Waals surface area contributed by atoms with Crippen molar-refractivity contribution in [3.63, 3.8) is 0 Å². The number of nitrogens with zero attached hydrogens (tertiary/aromatic N) is 2. The van der Waals surface area contributed by atoms with Gasteiger partial charge in [-0.05, 0) is 18.2 Å². The number of nitrogen functional groups attached to an aromatic ring is 1. The Labute approximate surface area is 118 Å². The molecule has 1 aliphatic rings. The van der Waals surface area contributed by atoms with E-state index in [-0.39, 0.29) is 11.4 Å². The number of nitrogens with two attached hydrogens (primary N) is 1. The van der Waals surface area contributed by atoms with Crippen LogP contribution >= 0.6 is 0 Å². The maximum atomic E-state index is 13.0. The van der Waals surface area contributed by atoms with Gasteiger partial charge in [-0.25, -0.2) is 14.1 Å². The molecule has 21 heavy (non-hydrogen) atoms. The van der Waals surface area contributed by atoms with Crippen molar-refractivity contribution in [3.8, 4) is 0 Å². The van der Waals surface area contributed by atoms with E-state index in [1.807, 2.05) is 0 Å². The molecule has 110 valence electrons. The second-order valence-electron chi connectivity index (χ2n) is 4.32. The summed E-state index contributed by atoms with van der Waals surface area (Å²) >= 11 is 0. The lowest BCUT2D eigenvalue weighted by molar-refractivity contribution is -0.143. The summed E-state index contributed by atoms with van der Waals surface area (Å²) in [6, 6.07) is 2.65. The molecule has 1 saturated heterocycles. The molecular weight excluding hydrogens is 283 g/mol. The van der Waals surface area contributed by atoms with E-state index >= 15 is 0 Å². The summed E-state index contributed by atoms with van der Waals surface area (Å²) in [5.74, 6) is -3.42. The minimum absolute atomic E-state index is 0.156. The Morgan fingerprint density at radius 1 is 1.29 bits per heavy atom. The number of likely N-dealkylation sites (N-methyl/N-ethyl adjacent to an activating group) is 1. The Bertz CT molecular complexity index is 661. The Kier molecular flexibility index (Phi) is 3.57. The number of hydrogen-bond acceptors (Lipinski definition) is 5. The van der Waals surface area contributed by atoms with E-state index < -0.39 is 36.1 Å². The summed E-state index contributed by atoms with van der Waals surface area (Å²) in [6.45, 7) is -0.620. The van der Waals surface area contributed by atoms with Gasteiger partial charge in [0.15, 0.2) is 0 Å². The third-order valence-corrected chi connectivity index (χ3v) is 2.83.